The Balaban J connectivity index is 1.77. The molecule has 1 saturated heterocycles. The fourth-order valence-electron chi connectivity index (χ4n) is 3.62. The number of imidazole rings is 1. The normalized spacial score (nSPS) is 16.1. The molecule has 0 radical (unpaired) electrons. The highest BCUT2D eigenvalue weighted by Gasteiger charge is 2.18. The van der Waals surface area contributed by atoms with Crippen molar-refractivity contribution >= 4 is 17.2 Å². The maximum atomic E-state index is 6.28. The van der Waals surface area contributed by atoms with Crippen LogP contribution in [0.5, 0.6) is 0 Å². The number of benzene rings is 1. The van der Waals surface area contributed by atoms with Gasteiger partial charge in [-0.05, 0) is 43.6 Å². The summed E-state index contributed by atoms with van der Waals surface area (Å²) in [4.78, 5) is 7.44. The maximum absolute atomic E-state index is 6.28. The monoisotopic (exact) mass is 368 g/mol. The molecule has 0 amide bonds. The molecule has 2 aromatic heterocycles. The number of hydrogen-bond donors (Lipinski definition) is 1. The average Bonchev–Trinajstić information content (AvgIpc) is 2.83. The fraction of sp³-hybridized carbons (Fsp3) is 0.381. The summed E-state index contributed by atoms with van der Waals surface area (Å²) >= 11 is 6.28. The van der Waals surface area contributed by atoms with Crippen molar-refractivity contribution in [1.82, 2.24) is 19.6 Å². The van der Waals surface area contributed by atoms with Crippen LogP contribution < -0.4 is 5.32 Å². The molecule has 136 valence electrons. The highest BCUT2D eigenvalue weighted by Crippen LogP contribution is 2.27. The minimum Gasteiger partial charge on any atom is -0.315 e. The smallest absolute Gasteiger partial charge is 0.137 e. The zero-order valence-electron chi connectivity index (χ0n) is 15.2. The predicted molar refractivity (Wildman–Crippen MR) is 108 cm³/mol. The zero-order chi connectivity index (χ0) is 17.9. The number of fused-ring (bicyclic) bond motifs is 1. The van der Waals surface area contributed by atoms with Crippen LogP contribution in [0.15, 0.2) is 42.6 Å². The van der Waals surface area contributed by atoms with E-state index in [0.29, 0.717) is 0 Å². The molecule has 5 heteroatoms. The van der Waals surface area contributed by atoms with Gasteiger partial charge in [-0.3, -0.25) is 4.90 Å². The van der Waals surface area contributed by atoms with E-state index in [9.17, 15) is 0 Å². The lowest BCUT2D eigenvalue weighted by Crippen LogP contribution is -2.28. The Kier molecular flexibility index (Phi) is 5.25. The zero-order valence-corrected chi connectivity index (χ0v) is 16.0. The van der Waals surface area contributed by atoms with Crippen molar-refractivity contribution in [3.63, 3.8) is 0 Å². The van der Waals surface area contributed by atoms with Gasteiger partial charge in [0.05, 0.1) is 16.4 Å². The molecular weight excluding hydrogens is 344 g/mol. The first-order valence-corrected chi connectivity index (χ1v) is 9.81. The number of nitrogens with one attached hydrogen (secondary N) is 1. The van der Waals surface area contributed by atoms with Crippen molar-refractivity contribution < 1.29 is 0 Å². The van der Waals surface area contributed by atoms with E-state index in [0.717, 1.165) is 55.5 Å². The molecule has 0 aliphatic carbocycles. The number of rotatable bonds is 4. The second-order valence-corrected chi connectivity index (χ2v) is 7.35. The third-order valence-corrected chi connectivity index (χ3v) is 5.35. The quantitative estimate of drug-likeness (QED) is 0.755. The summed E-state index contributed by atoms with van der Waals surface area (Å²) in [6.45, 7) is 7.37. The van der Waals surface area contributed by atoms with Crippen molar-refractivity contribution in [1.29, 1.82) is 0 Å². The van der Waals surface area contributed by atoms with Gasteiger partial charge in [0.2, 0.25) is 0 Å². The second kappa shape index (κ2) is 7.78. The fourth-order valence-corrected chi connectivity index (χ4v) is 3.78. The largest absolute Gasteiger partial charge is 0.315 e. The first-order chi connectivity index (χ1) is 12.7. The highest BCUT2D eigenvalue weighted by atomic mass is 35.5. The third-order valence-electron chi connectivity index (χ3n) is 5.12. The van der Waals surface area contributed by atoms with Crippen LogP contribution in [0.1, 0.15) is 24.6 Å². The number of aromatic nitrogens is 2. The van der Waals surface area contributed by atoms with Crippen LogP contribution in [0.3, 0.4) is 0 Å². The summed E-state index contributed by atoms with van der Waals surface area (Å²) in [5, 5.41) is 4.21. The first-order valence-electron chi connectivity index (χ1n) is 9.43. The summed E-state index contributed by atoms with van der Waals surface area (Å²) in [5.74, 6) is 0. The van der Waals surface area contributed by atoms with E-state index < -0.39 is 0 Å². The molecule has 1 N–H and O–H groups in total. The van der Waals surface area contributed by atoms with Crippen LogP contribution in [-0.4, -0.2) is 40.5 Å². The molecule has 0 atom stereocenters. The van der Waals surface area contributed by atoms with E-state index in [4.69, 9.17) is 16.6 Å². The molecule has 1 aliphatic rings. The molecule has 4 nitrogen and oxygen atoms in total. The van der Waals surface area contributed by atoms with Gasteiger partial charge in [-0.1, -0.05) is 42.8 Å². The molecule has 4 rings (SSSR count). The molecule has 1 fully saturated rings. The SMILES string of the molecule is CCc1ccc(-c2nc3ccc(Cl)cn3c2CN2CCCNCC2)cc1. The van der Waals surface area contributed by atoms with Gasteiger partial charge in [0.25, 0.3) is 0 Å². The van der Waals surface area contributed by atoms with E-state index >= 15 is 0 Å². The summed E-state index contributed by atoms with van der Waals surface area (Å²) < 4.78 is 2.16. The number of aryl methyl sites for hydroxylation is 1. The molecule has 3 aromatic rings. The minimum absolute atomic E-state index is 0.738. The summed E-state index contributed by atoms with van der Waals surface area (Å²) in [7, 11) is 0. The topological polar surface area (TPSA) is 32.6 Å². The third kappa shape index (κ3) is 3.63. The molecule has 0 spiro atoms. The number of halogens is 1. The van der Waals surface area contributed by atoms with Gasteiger partial charge in [-0.25, -0.2) is 4.98 Å². The van der Waals surface area contributed by atoms with Gasteiger partial charge in [0, 0.05) is 31.4 Å². The van der Waals surface area contributed by atoms with Gasteiger partial charge >= 0.3 is 0 Å². The Morgan fingerprint density at radius 1 is 1.08 bits per heavy atom. The molecule has 3 heterocycles. The van der Waals surface area contributed by atoms with E-state index in [1.165, 1.54) is 23.2 Å². The van der Waals surface area contributed by atoms with Crippen molar-refractivity contribution in [2.75, 3.05) is 26.2 Å². The number of hydrogen-bond acceptors (Lipinski definition) is 3. The van der Waals surface area contributed by atoms with Gasteiger partial charge < -0.3 is 9.72 Å². The lowest BCUT2D eigenvalue weighted by atomic mass is 10.1. The van der Waals surface area contributed by atoms with Crippen LogP contribution in [0.25, 0.3) is 16.9 Å². The Bertz CT molecular complexity index is 877. The van der Waals surface area contributed by atoms with Crippen LogP contribution in [0.2, 0.25) is 5.02 Å². The maximum Gasteiger partial charge on any atom is 0.137 e. The molecule has 26 heavy (non-hydrogen) atoms. The Morgan fingerprint density at radius 2 is 1.92 bits per heavy atom. The van der Waals surface area contributed by atoms with E-state index in [1.54, 1.807) is 0 Å². The van der Waals surface area contributed by atoms with E-state index in [1.807, 2.05) is 18.3 Å². The number of nitrogens with zero attached hydrogens (tertiary/aromatic N) is 3. The van der Waals surface area contributed by atoms with Gasteiger partial charge in [0.15, 0.2) is 0 Å². The Labute approximate surface area is 159 Å². The van der Waals surface area contributed by atoms with Crippen LogP contribution >= 0.6 is 11.6 Å². The lowest BCUT2D eigenvalue weighted by molar-refractivity contribution is 0.281. The lowest BCUT2D eigenvalue weighted by Gasteiger charge is -2.20. The van der Waals surface area contributed by atoms with Crippen molar-refractivity contribution in [2.24, 2.45) is 0 Å². The molecule has 0 saturated carbocycles. The highest BCUT2D eigenvalue weighted by molar-refractivity contribution is 6.30. The van der Waals surface area contributed by atoms with Gasteiger partial charge in [-0.15, -0.1) is 0 Å². The number of pyridine rings is 1. The molecule has 1 aromatic carbocycles. The molecule has 0 bridgehead atoms. The molecular formula is C21H25ClN4. The Hall–Kier alpha value is -1.88. The van der Waals surface area contributed by atoms with Crippen molar-refractivity contribution in [3.05, 3.63) is 58.9 Å². The standard InChI is InChI=1S/C21H25ClN4/c1-2-16-4-6-17(7-5-16)21-19(15-25-12-3-10-23-11-13-25)26-14-18(22)8-9-20(26)24-21/h4-9,14,23H,2-3,10-13,15H2,1H3. The minimum atomic E-state index is 0.738. The molecule has 0 unspecified atom stereocenters. The summed E-state index contributed by atoms with van der Waals surface area (Å²) in [5.41, 5.74) is 5.75. The summed E-state index contributed by atoms with van der Waals surface area (Å²) in [6.07, 6.45) is 4.21. The first kappa shape index (κ1) is 17.5. The summed E-state index contributed by atoms with van der Waals surface area (Å²) in [6, 6.07) is 12.7. The van der Waals surface area contributed by atoms with Crippen LogP contribution in [0, 0.1) is 0 Å². The van der Waals surface area contributed by atoms with Crippen LogP contribution in [-0.2, 0) is 13.0 Å². The van der Waals surface area contributed by atoms with E-state index in [2.05, 4.69) is 45.8 Å². The molecule has 1 aliphatic heterocycles. The van der Waals surface area contributed by atoms with Gasteiger partial charge in [-0.2, -0.15) is 0 Å². The van der Waals surface area contributed by atoms with Crippen molar-refractivity contribution in [2.45, 2.75) is 26.3 Å². The Morgan fingerprint density at radius 3 is 2.73 bits per heavy atom. The second-order valence-electron chi connectivity index (χ2n) is 6.91. The van der Waals surface area contributed by atoms with Crippen molar-refractivity contribution in [3.8, 4) is 11.3 Å². The van der Waals surface area contributed by atoms with Crippen LogP contribution in [0.4, 0.5) is 0 Å². The predicted octanol–water partition coefficient (Wildman–Crippen LogP) is 4.01. The van der Waals surface area contributed by atoms with Gasteiger partial charge in [0.1, 0.15) is 5.65 Å². The van der Waals surface area contributed by atoms with E-state index in [-0.39, 0.29) is 0 Å². The average molecular weight is 369 g/mol.